The molecule has 3 rings (SSSR count). The number of aliphatic hydroxyl groups is 1. The van der Waals surface area contributed by atoms with Gasteiger partial charge in [0.05, 0.1) is 24.1 Å². The third-order valence-electron chi connectivity index (χ3n) is 3.76. The minimum absolute atomic E-state index is 0.0202. The van der Waals surface area contributed by atoms with Gasteiger partial charge in [-0.05, 0) is 18.6 Å². The molecule has 0 unspecified atom stereocenters. The van der Waals surface area contributed by atoms with Gasteiger partial charge in [0, 0.05) is 6.07 Å². The van der Waals surface area contributed by atoms with Gasteiger partial charge in [-0.25, -0.2) is 0 Å². The van der Waals surface area contributed by atoms with Crippen molar-refractivity contribution in [3.8, 4) is 0 Å². The molecule has 0 spiro atoms. The first-order valence-electron chi connectivity index (χ1n) is 6.57. The summed E-state index contributed by atoms with van der Waals surface area (Å²) in [7, 11) is 0. The molecule has 1 saturated heterocycles. The van der Waals surface area contributed by atoms with Crippen LogP contribution in [0.1, 0.15) is 23.9 Å². The Labute approximate surface area is 115 Å². The molecule has 1 amide bonds. The Kier molecular flexibility index (Phi) is 2.87. The van der Waals surface area contributed by atoms with Gasteiger partial charge >= 0.3 is 0 Å². The zero-order valence-corrected chi connectivity index (χ0v) is 11.1. The largest absolute Gasteiger partial charge is 0.451 e. The molecule has 0 radical (unpaired) electrons. The fraction of sp³-hybridized carbons (Fsp3) is 0.333. The Balaban J connectivity index is 1.92. The summed E-state index contributed by atoms with van der Waals surface area (Å²) in [4.78, 5) is 25.6. The predicted octanol–water partition coefficient (Wildman–Crippen LogP) is 1.39. The lowest BCUT2D eigenvalue weighted by Crippen LogP contribution is -2.63. The Hall–Kier alpha value is -2.14. The van der Waals surface area contributed by atoms with Crippen LogP contribution in [0.3, 0.4) is 0 Å². The molecule has 20 heavy (non-hydrogen) atoms. The summed E-state index contributed by atoms with van der Waals surface area (Å²) in [5, 5.41) is 10.4. The van der Waals surface area contributed by atoms with Crippen molar-refractivity contribution in [2.45, 2.75) is 18.9 Å². The number of benzene rings is 1. The van der Waals surface area contributed by atoms with Gasteiger partial charge in [-0.3, -0.25) is 9.59 Å². The molecule has 5 heteroatoms. The molecule has 1 N–H and O–H groups in total. The van der Waals surface area contributed by atoms with Crippen molar-refractivity contribution < 1.29 is 14.3 Å². The van der Waals surface area contributed by atoms with Crippen LogP contribution in [0.4, 0.5) is 0 Å². The molecule has 1 aromatic heterocycles. The van der Waals surface area contributed by atoms with Crippen LogP contribution in [0.15, 0.2) is 39.5 Å². The lowest BCUT2D eigenvalue weighted by atomic mass is 9.91. The fourth-order valence-electron chi connectivity index (χ4n) is 2.40. The van der Waals surface area contributed by atoms with E-state index in [1.165, 1.54) is 11.0 Å². The van der Waals surface area contributed by atoms with Crippen molar-refractivity contribution >= 4 is 16.9 Å². The van der Waals surface area contributed by atoms with Gasteiger partial charge in [0.15, 0.2) is 11.2 Å². The number of nitrogens with zero attached hydrogens (tertiary/aromatic N) is 1. The van der Waals surface area contributed by atoms with Crippen molar-refractivity contribution in [3.63, 3.8) is 0 Å². The van der Waals surface area contributed by atoms with E-state index >= 15 is 0 Å². The number of para-hydroxylation sites is 1. The highest BCUT2D eigenvalue weighted by Crippen LogP contribution is 2.26. The molecule has 1 aliphatic heterocycles. The van der Waals surface area contributed by atoms with Crippen LogP contribution in [-0.2, 0) is 0 Å². The molecule has 1 fully saturated rings. The van der Waals surface area contributed by atoms with Gasteiger partial charge in [0.1, 0.15) is 5.58 Å². The molecule has 0 bridgehead atoms. The Morgan fingerprint density at radius 1 is 1.40 bits per heavy atom. The first-order chi connectivity index (χ1) is 9.52. The van der Waals surface area contributed by atoms with Crippen molar-refractivity contribution in [3.05, 3.63) is 46.3 Å². The summed E-state index contributed by atoms with van der Waals surface area (Å²) in [5.41, 5.74) is -0.636. The number of β-amino-alcohol motifs (C(OH)–C–C–N with tert-alkyl or cyclic N) is 1. The summed E-state index contributed by atoms with van der Waals surface area (Å²) < 4.78 is 5.49. The summed E-state index contributed by atoms with van der Waals surface area (Å²) in [6.07, 6.45) is 0.596. The second-order valence-corrected chi connectivity index (χ2v) is 5.21. The number of amides is 1. The second kappa shape index (κ2) is 4.45. The third-order valence-corrected chi connectivity index (χ3v) is 3.76. The van der Waals surface area contributed by atoms with E-state index < -0.39 is 5.60 Å². The SMILES string of the molecule is CCC1(O)CN(C(=O)c2cc(=O)c3ccccc3o2)C1. The van der Waals surface area contributed by atoms with E-state index in [4.69, 9.17) is 4.42 Å². The Morgan fingerprint density at radius 2 is 2.10 bits per heavy atom. The molecule has 0 atom stereocenters. The number of hydrogen-bond acceptors (Lipinski definition) is 4. The molecule has 1 aliphatic rings. The smallest absolute Gasteiger partial charge is 0.289 e. The highest BCUT2D eigenvalue weighted by Gasteiger charge is 2.42. The summed E-state index contributed by atoms with van der Waals surface area (Å²) >= 11 is 0. The normalized spacial score (nSPS) is 17.0. The Morgan fingerprint density at radius 3 is 2.80 bits per heavy atom. The topological polar surface area (TPSA) is 70.8 Å². The van der Waals surface area contributed by atoms with Gasteiger partial charge in [0.25, 0.3) is 5.91 Å². The van der Waals surface area contributed by atoms with Crippen molar-refractivity contribution in [1.82, 2.24) is 4.90 Å². The van der Waals surface area contributed by atoms with Gasteiger partial charge in [0.2, 0.25) is 0 Å². The molecule has 0 saturated carbocycles. The third kappa shape index (κ3) is 2.00. The van der Waals surface area contributed by atoms with Crippen LogP contribution in [0, 0.1) is 0 Å². The number of hydrogen-bond donors (Lipinski definition) is 1. The molecule has 0 aliphatic carbocycles. The van der Waals surface area contributed by atoms with Crippen molar-refractivity contribution in [1.29, 1.82) is 0 Å². The number of carbonyl (C=O) groups is 1. The fourth-order valence-corrected chi connectivity index (χ4v) is 2.40. The monoisotopic (exact) mass is 273 g/mol. The van der Waals surface area contributed by atoms with Crippen molar-refractivity contribution in [2.75, 3.05) is 13.1 Å². The highest BCUT2D eigenvalue weighted by molar-refractivity contribution is 5.93. The van der Waals surface area contributed by atoms with E-state index in [1.54, 1.807) is 24.3 Å². The van der Waals surface area contributed by atoms with Crippen LogP contribution in [-0.4, -0.2) is 34.6 Å². The summed E-state index contributed by atoms with van der Waals surface area (Å²) in [5.74, 6) is -0.335. The van der Waals surface area contributed by atoms with E-state index in [0.29, 0.717) is 17.4 Å². The molecule has 104 valence electrons. The van der Waals surface area contributed by atoms with Crippen LogP contribution in [0.25, 0.3) is 11.0 Å². The van der Waals surface area contributed by atoms with Gasteiger partial charge in [-0.15, -0.1) is 0 Å². The molecule has 5 nitrogen and oxygen atoms in total. The average molecular weight is 273 g/mol. The molecular formula is C15H15NO4. The number of rotatable bonds is 2. The van der Waals surface area contributed by atoms with E-state index in [1.807, 2.05) is 6.92 Å². The lowest BCUT2D eigenvalue weighted by molar-refractivity contribution is -0.0834. The quantitative estimate of drug-likeness (QED) is 0.897. The van der Waals surface area contributed by atoms with Crippen LogP contribution in [0.5, 0.6) is 0 Å². The van der Waals surface area contributed by atoms with Gasteiger partial charge in [-0.2, -0.15) is 0 Å². The first-order valence-corrected chi connectivity index (χ1v) is 6.57. The molecule has 1 aromatic carbocycles. The molecular weight excluding hydrogens is 258 g/mol. The van der Waals surface area contributed by atoms with Crippen LogP contribution in [0.2, 0.25) is 0 Å². The number of likely N-dealkylation sites (tertiary alicyclic amines) is 1. The molecule has 2 heterocycles. The van der Waals surface area contributed by atoms with E-state index in [-0.39, 0.29) is 30.2 Å². The zero-order valence-electron chi connectivity index (χ0n) is 11.1. The van der Waals surface area contributed by atoms with E-state index in [0.717, 1.165) is 0 Å². The zero-order chi connectivity index (χ0) is 14.3. The molecule has 2 aromatic rings. The summed E-state index contributed by atoms with van der Waals surface area (Å²) in [6, 6.07) is 8.03. The maximum atomic E-state index is 12.2. The maximum absolute atomic E-state index is 12.2. The van der Waals surface area contributed by atoms with Crippen LogP contribution < -0.4 is 5.43 Å². The lowest BCUT2D eigenvalue weighted by Gasteiger charge is -2.45. The number of fused-ring (bicyclic) bond motifs is 1. The van der Waals surface area contributed by atoms with E-state index in [2.05, 4.69) is 0 Å². The minimum atomic E-state index is -0.799. The Bertz CT molecular complexity index is 728. The maximum Gasteiger partial charge on any atom is 0.289 e. The van der Waals surface area contributed by atoms with Gasteiger partial charge in [-0.1, -0.05) is 19.1 Å². The van der Waals surface area contributed by atoms with Crippen molar-refractivity contribution in [2.24, 2.45) is 0 Å². The van der Waals surface area contributed by atoms with Gasteiger partial charge < -0.3 is 14.4 Å². The average Bonchev–Trinajstić information content (AvgIpc) is 2.43. The summed E-state index contributed by atoms with van der Waals surface area (Å²) in [6.45, 7) is 2.43. The number of carbonyl (C=O) groups excluding carboxylic acids is 1. The predicted molar refractivity (Wildman–Crippen MR) is 73.6 cm³/mol. The first kappa shape index (κ1) is 12.9. The second-order valence-electron chi connectivity index (χ2n) is 5.21. The highest BCUT2D eigenvalue weighted by atomic mass is 16.3. The van der Waals surface area contributed by atoms with E-state index in [9.17, 15) is 14.7 Å². The van der Waals surface area contributed by atoms with Crippen LogP contribution >= 0.6 is 0 Å². The minimum Gasteiger partial charge on any atom is -0.451 e. The standard InChI is InChI=1S/C15H15NO4/c1-2-15(19)8-16(9-15)14(18)13-7-11(17)10-5-3-4-6-12(10)20-13/h3-7,19H,2,8-9H2,1H3.